The minimum atomic E-state index is -0.934. The van der Waals surface area contributed by atoms with E-state index in [1.807, 2.05) is 20.1 Å². The van der Waals surface area contributed by atoms with Gasteiger partial charge in [0.15, 0.2) is 11.5 Å². The zero-order chi connectivity index (χ0) is 24.3. The molecule has 2 saturated carbocycles. The van der Waals surface area contributed by atoms with E-state index in [1.54, 1.807) is 0 Å². The molecule has 1 saturated heterocycles. The second-order valence-corrected chi connectivity index (χ2v) is 13.3. The number of aliphatic hydroxyl groups is 1. The summed E-state index contributed by atoms with van der Waals surface area (Å²) in [6.45, 7) is 12.9. The molecule has 1 spiro atoms. The molecule has 188 valence electrons. The van der Waals surface area contributed by atoms with Crippen LogP contribution in [0.5, 0.6) is 11.5 Å². The van der Waals surface area contributed by atoms with Crippen LogP contribution in [0.1, 0.15) is 77.8 Å². The molecule has 5 nitrogen and oxygen atoms in total. The van der Waals surface area contributed by atoms with Crippen LogP contribution in [0.15, 0.2) is 12.1 Å². The Balaban J connectivity index is 1.56. The molecule has 2 heterocycles. The first-order valence-electron chi connectivity index (χ1n) is 13.5. The minimum Gasteiger partial charge on any atom is -0.504 e. The maximum Gasteiger partial charge on any atom is 0.165 e. The minimum absolute atomic E-state index is 0.0699. The molecule has 3 fully saturated rings. The van der Waals surface area contributed by atoms with Crippen molar-refractivity contribution in [2.75, 3.05) is 20.2 Å². The normalized spacial score (nSPS) is 40.4. The van der Waals surface area contributed by atoms with Gasteiger partial charge in [-0.3, -0.25) is 4.90 Å². The van der Waals surface area contributed by atoms with E-state index >= 15 is 0 Å². The largest absolute Gasteiger partial charge is 0.504 e. The number of phenols is 1. The predicted octanol–water partition coefficient (Wildman–Crippen LogP) is 4.66. The molecule has 2 bridgehead atoms. The summed E-state index contributed by atoms with van der Waals surface area (Å²) in [5, 5.41) is 23.1. The Hall–Kier alpha value is -1.30. The lowest BCUT2D eigenvalue weighted by Crippen LogP contribution is -2.76. The summed E-state index contributed by atoms with van der Waals surface area (Å²) < 4.78 is 13.4. The highest BCUT2D eigenvalue weighted by molar-refractivity contribution is 5.61. The molecular weight excluding hydrogens is 426 g/mol. The lowest BCUT2D eigenvalue weighted by atomic mass is 9.44. The number of likely N-dealkylation sites (tertiary alicyclic amines) is 1. The topological polar surface area (TPSA) is 62.2 Å². The van der Waals surface area contributed by atoms with Crippen molar-refractivity contribution in [1.82, 2.24) is 4.90 Å². The van der Waals surface area contributed by atoms with Gasteiger partial charge in [-0.2, -0.15) is 0 Å². The Kier molecular flexibility index (Phi) is 4.85. The van der Waals surface area contributed by atoms with E-state index in [4.69, 9.17) is 9.47 Å². The lowest BCUT2D eigenvalue weighted by Gasteiger charge is -2.66. The van der Waals surface area contributed by atoms with Gasteiger partial charge in [0.2, 0.25) is 0 Å². The number of methoxy groups -OCH3 is 1. The quantitative estimate of drug-likeness (QED) is 0.657. The zero-order valence-corrected chi connectivity index (χ0v) is 21.9. The average molecular weight is 470 g/mol. The third-order valence-electron chi connectivity index (χ3n) is 11.1. The molecular formula is C29H43NO4. The van der Waals surface area contributed by atoms with Crippen LogP contribution in [0.3, 0.4) is 0 Å². The van der Waals surface area contributed by atoms with Crippen LogP contribution in [0, 0.1) is 23.2 Å². The molecule has 0 aromatic heterocycles. The standard InChI is InChI=1S/C29H43NO4/c1-7-29(33-6)22(27(5,32)26(2,3)4)15-19-20-14-18-10-11-21(31)24-23(18)28(19,25(29)34-24)12-13-30(20)16-17-8-9-17/h10-11,17,19-20,22,25,31-32H,7-9,12-16H2,1-6H3/t19?,20?,22-,25-,27?,28+,29-/m0/s1. The fourth-order valence-electron chi connectivity index (χ4n) is 8.63. The number of benzene rings is 1. The molecule has 5 heteroatoms. The fourth-order valence-corrected chi connectivity index (χ4v) is 8.63. The van der Waals surface area contributed by atoms with Crippen LogP contribution in [-0.2, 0) is 16.6 Å². The summed E-state index contributed by atoms with van der Waals surface area (Å²) in [4.78, 5) is 2.77. The van der Waals surface area contributed by atoms with Gasteiger partial charge >= 0.3 is 0 Å². The molecule has 0 radical (unpaired) electrons. The highest BCUT2D eigenvalue weighted by atomic mass is 16.6. The highest BCUT2D eigenvalue weighted by Gasteiger charge is 2.74. The predicted molar refractivity (Wildman–Crippen MR) is 132 cm³/mol. The van der Waals surface area contributed by atoms with Gasteiger partial charge in [-0.25, -0.2) is 0 Å². The van der Waals surface area contributed by atoms with E-state index in [2.05, 4.69) is 38.7 Å². The van der Waals surface area contributed by atoms with Gasteiger partial charge in [0.05, 0.1) is 5.60 Å². The molecule has 0 amide bonds. The number of piperidine rings is 1. The number of ether oxygens (including phenoxy) is 2. The van der Waals surface area contributed by atoms with Crippen LogP contribution in [0.4, 0.5) is 0 Å². The van der Waals surface area contributed by atoms with E-state index in [-0.39, 0.29) is 28.6 Å². The van der Waals surface area contributed by atoms with E-state index in [1.165, 1.54) is 30.5 Å². The number of nitrogens with zero attached hydrogens (tertiary/aromatic N) is 1. The van der Waals surface area contributed by atoms with Crippen LogP contribution in [-0.4, -0.2) is 58.7 Å². The molecule has 6 rings (SSSR count). The molecule has 7 atom stereocenters. The van der Waals surface area contributed by atoms with Gasteiger partial charge in [-0.05, 0) is 80.9 Å². The number of aromatic hydroxyl groups is 1. The number of hydrogen-bond donors (Lipinski definition) is 2. The highest BCUT2D eigenvalue weighted by Crippen LogP contribution is 2.69. The van der Waals surface area contributed by atoms with Crippen molar-refractivity contribution in [2.45, 2.75) is 102 Å². The SMILES string of the molecule is CC[C@@]1(OC)[C@H]2Oc3c(O)ccc4c3[C@]23CCN(CC2CC2)C(C4)C3C[C@H]1C(C)(O)C(C)(C)C. The summed E-state index contributed by atoms with van der Waals surface area (Å²) >= 11 is 0. The molecule has 34 heavy (non-hydrogen) atoms. The average Bonchev–Trinajstić information content (AvgIpc) is 3.53. The van der Waals surface area contributed by atoms with Gasteiger partial charge in [0, 0.05) is 36.6 Å². The molecule has 2 aliphatic heterocycles. The number of phenolic OH excluding ortho intramolecular Hbond substituents is 1. The van der Waals surface area contributed by atoms with Crippen LogP contribution in [0.25, 0.3) is 0 Å². The molecule has 3 unspecified atom stereocenters. The van der Waals surface area contributed by atoms with Gasteiger partial charge in [-0.1, -0.05) is 33.8 Å². The molecule has 2 N–H and O–H groups in total. The summed E-state index contributed by atoms with van der Waals surface area (Å²) in [7, 11) is 1.81. The van der Waals surface area contributed by atoms with Gasteiger partial charge in [-0.15, -0.1) is 0 Å². The van der Waals surface area contributed by atoms with E-state index in [9.17, 15) is 10.2 Å². The van der Waals surface area contributed by atoms with Crippen molar-refractivity contribution in [3.63, 3.8) is 0 Å². The van der Waals surface area contributed by atoms with Crippen molar-refractivity contribution in [1.29, 1.82) is 0 Å². The van der Waals surface area contributed by atoms with Crippen molar-refractivity contribution in [3.8, 4) is 11.5 Å². The monoisotopic (exact) mass is 469 g/mol. The van der Waals surface area contributed by atoms with Crippen molar-refractivity contribution in [2.24, 2.45) is 23.2 Å². The van der Waals surface area contributed by atoms with Crippen LogP contribution >= 0.6 is 0 Å². The summed E-state index contributed by atoms with van der Waals surface area (Å²) in [5.74, 6) is 2.11. The van der Waals surface area contributed by atoms with Crippen molar-refractivity contribution < 1.29 is 19.7 Å². The van der Waals surface area contributed by atoms with Crippen LogP contribution < -0.4 is 4.74 Å². The zero-order valence-electron chi connectivity index (χ0n) is 21.9. The Morgan fingerprint density at radius 2 is 1.94 bits per heavy atom. The summed E-state index contributed by atoms with van der Waals surface area (Å²) in [6, 6.07) is 4.42. The molecule has 1 aromatic rings. The first-order valence-corrected chi connectivity index (χ1v) is 13.5. The Labute approximate surface area is 204 Å². The molecule has 3 aliphatic carbocycles. The summed E-state index contributed by atoms with van der Waals surface area (Å²) in [6.07, 6.45) is 6.25. The summed E-state index contributed by atoms with van der Waals surface area (Å²) in [5.41, 5.74) is 0.570. The lowest BCUT2D eigenvalue weighted by molar-refractivity contribution is -0.257. The van der Waals surface area contributed by atoms with E-state index in [0.717, 1.165) is 38.1 Å². The first-order chi connectivity index (χ1) is 16.0. The molecule has 5 aliphatic rings. The fraction of sp³-hybridized carbons (Fsp3) is 0.793. The maximum absolute atomic E-state index is 12.2. The van der Waals surface area contributed by atoms with E-state index in [0.29, 0.717) is 17.7 Å². The maximum atomic E-state index is 12.2. The van der Waals surface area contributed by atoms with Crippen molar-refractivity contribution in [3.05, 3.63) is 23.3 Å². The molecule has 1 aromatic carbocycles. The number of rotatable bonds is 5. The van der Waals surface area contributed by atoms with E-state index < -0.39 is 11.2 Å². The Bertz CT molecular complexity index is 989. The number of hydrogen-bond acceptors (Lipinski definition) is 5. The van der Waals surface area contributed by atoms with Crippen molar-refractivity contribution >= 4 is 0 Å². The second kappa shape index (κ2) is 7.14. The smallest absolute Gasteiger partial charge is 0.165 e. The second-order valence-electron chi connectivity index (χ2n) is 13.3. The van der Waals surface area contributed by atoms with Gasteiger partial charge in [0.25, 0.3) is 0 Å². The van der Waals surface area contributed by atoms with Crippen LogP contribution in [0.2, 0.25) is 0 Å². The third kappa shape index (κ3) is 2.72. The van der Waals surface area contributed by atoms with Gasteiger partial charge < -0.3 is 19.7 Å². The Morgan fingerprint density at radius 3 is 2.56 bits per heavy atom. The third-order valence-corrected chi connectivity index (χ3v) is 11.1. The van der Waals surface area contributed by atoms with Gasteiger partial charge in [0.1, 0.15) is 11.7 Å². The Morgan fingerprint density at radius 1 is 1.21 bits per heavy atom. The first kappa shape index (κ1) is 23.1.